The minimum Gasteiger partial charge on any atom is -0.372 e. The number of benzene rings is 2. The number of allylic oxidation sites excluding steroid dienone is 5. The van der Waals surface area contributed by atoms with Crippen molar-refractivity contribution in [3.8, 4) is 0 Å². The second-order valence-corrected chi connectivity index (χ2v) is 12.3. The third kappa shape index (κ3) is 31.3. The van der Waals surface area contributed by atoms with Gasteiger partial charge in [0.2, 0.25) is 0 Å². The van der Waals surface area contributed by atoms with Crippen molar-refractivity contribution in [1.29, 1.82) is 0 Å². The quantitative estimate of drug-likeness (QED) is 0.151. The van der Waals surface area contributed by atoms with Crippen LogP contribution in [0, 0.1) is 0 Å². The number of hydrogen-bond donors (Lipinski definition) is 3. The normalized spacial score (nSPS) is 11.9. The molecule has 298 valence electrons. The molecule has 4 nitrogen and oxygen atoms in total. The van der Waals surface area contributed by atoms with Crippen LogP contribution in [0.3, 0.4) is 0 Å². The summed E-state index contributed by atoms with van der Waals surface area (Å²) in [6, 6.07) is 19.6. The summed E-state index contributed by atoms with van der Waals surface area (Å²) in [6.07, 6.45) is 14.5. The average molecular weight is 719 g/mol. The van der Waals surface area contributed by atoms with Crippen molar-refractivity contribution < 1.29 is 0 Å². The summed E-state index contributed by atoms with van der Waals surface area (Å²) in [5.41, 5.74) is 23.6. The zero-order valence-corrected chi connectivity index (χ0v) is 35.1. The minimum absolute atomic E-state index is 0. The highest BCUT2D eigenvalue weighted by Crippen LogP contribution is 2.30. The van der Waals surface area contributed by atoms with Gasteiger partial charge in [0.1, 0.15) is 0 Å². The van der Waals surface area contributed by atoms with E-state index < -0.39 is 0 Å². The van der Waals surface area contributed by atoms with Crippen LogP contribution < -0.4 is 17.2 Å². The van der Waals surface area contributed by atoms with Gasteiger partial charge in [0.05, 0.1) is 0 Å². The summed E-state index contributed by atoms with van der Waals surface area (Å²) >= 11 is 0. The number of piperidine rings is 1. The molecule has 2 aromatic rings. The van der Waals surface area contributed by atoms with Gasteiger partial charge in [-0.3, -0.25) is 0 Å². The van der Waals surface area contributed by atoms with Crippen LogP contribution in [0.2, 0.25) is 0 Å². The van der Waals surface area contributed by atoms with E-state index in [-0.39, 0.29) is 7.43 Å². The summed E-state index contributed by atoms with van der Waals surface area (Å²) in [5.74, 6) is 1.42. The lowest BCUT2D eigenvalue weighted by Crippen LogP contribution is -2.32. The lowest BCUT2D eigenvalue weighted by Gasteiger charge is -2.35. The highest BCUT2D eigenvalue weighted by Gasteiger charge is 2.21. The van der Waals surface area contributed by atoms with Gasteiger partial charge >= 0.3 is 0 Å². The molecule has 3 rings (SSSR count). The van der Waals surface area contributed by atoms with Crippen LogP contribution in [0.4, 0.5) is 0 Å². The molecule has 0 saturated carbocycles. The van der Waals surface area contributed by atoms with Gasteiger partial charge in [-0.05, 0) is 101 Å². The molecule has 1 atom stereocenters. The van der Waals surface area contributed by atoms with Crippen molar-refractivity contribution in [1.82, 2.24) is 4.90 Å². The number of hydrogen-bond acceptors (Lipinski definition) is 4. The third-order valence-corrected chi connectivity index (χ3v) is 7.74. The van der Waals surface area contributed by atoms with Crippen LogP contribution >= 0.6 is 0 Å². The van der Waals surface area contributed by atoms with Crippen LogP contribution in [0.15, 0.2) is 128 Å². The van der Waals surface area contributed by atoms with Gasteiger partial charge < -0.3 is 22.1 Å². The summed E-state index contributed by atoms with van der Waals surface area (Å²) in [6.45, 7) is 40.9. The van der Waals surface area contributed by atoms with Crippen molar-refractivity contribution in [2.75, 3.05) is 26.7 Å². The van der Waals surface area contributed by atoms with Crippen molar-refractivity contribution in [2.24, 2.45) is 17.2 Å². The van der Waals surface area contributed by atoms with Gasteiger partial charge in [-0.2, -0.15) is 0 Å². The Kier molecular flexibility index (Phi) is 46.7. The van der Waals surface area contributed by atoms with E-state index in [1.807, 2.05) is 60.6 Å². The largest absolute Gasteiger partial charge is 0.372 e. The summed E-state index contributed by atoms with van der Waals surface area (Å²) < 4.78 is 0. The minimum atomic E-state index is 0. The van der Waals surface area contributed by atoms with Crippen molar-refractivity contribution in [2.45, 2.75) is 133 Å². The monoisotopic (exact) mass is 719 g/mol. The maximum Gasteiger partial charge on any atom is 0.0360 e. The fourth-order valence-electron chi connectivity index (χ4n) is 4.90. The smallest absolute Gasteiger partial charge is 0.0360 e. The van der Waals surface area contributed by atoms with Gasteiger partial charge in [-0.25, -0.2) is 0 Å². The predicted molar refractivity (Wildman–Crippen MR) is 243 cm³/mol. The van der Waals surface area contributed by atoms with Crippen molar-refractivity contribution in [3.05, 3.63) is 145 Å². The molecule has 4 heteroatoms. The Morgan fingerprint density at radius 2 is 1.35 bits per heavy atom. The molecule has 0 aromatic heterocycles. The lowest BCUT2D eigenvalue weighted by molar-refractivity contribution is 0.269. The molecule has 1 saturated heterocycles. The molecule has 0 amide bonds. The first-order chi connectivity index (χ1) is 24.5. The molecule has 0 aliphatic carbocycles. The number of rotatable bonds is 12. The molecule has 1 fully saturated rings. The maximum absolute atomic E-state index is 5.69. The third-order valence-electron chi connectivity index (χ3n) is 7.74. The standard InChI is InChI=1S/C17H21N.C15H25N.C6H10.C4H8.C2H7N.C2H6.CH5N.CH4/c1-4-14(2)15(3)18-12-10-17(11-13-18)16-8-6-5-7-9-16;1-3-5-9-14(7-4-2)15-10-6-8-13(11-15)12-16;1-4-6(3)5-2;1-4(2)3;1-2-3;2*1-2;/h4-9,17H,1-3,10-13H2;6,8,10-11,14H,3-5,7,9,12,16H2,1-2H3;4-5H,1H2,2-3H3;1H2,2-3H3;2-3H2,1H3;1-2H3;2H2,1H3;1H4/b;;6-5+;;;;;. The first kappa shape index (κ1) is 57.9. The fourth-order valence-corrected chi connectivity index (χ4v) is 4.90. The first-order valence-electron chi connectivity index (χ1n) is 19.2. The Bertz CT molecular complexity index is 1150. The van der Waals surface area contributed by atoms with Gasteiger partial charge in [-0.1, -0.05) is 172 Å². The highest BCUT2D eigenvalue weighted by molar-refractivity contribution is 5.33. The van der Waals surface area contributed by atoms with E-state index in [9.17, 15) is 0 Å². The zero-order chi connectivity index (χ0) is 40.0. The molecule has 1 heterocycles. The lowest BCUT2D eigenvalue weighted by atomic mass is 9.89. The topological polar surface area (TPSA) is 81.3 Å². The molecule has 1 aliphatic rings. The fraction of sp³-hybridized carbons (Fsp3) is 0.500. The Morgan fingerprint density at radius 1 is 0.827 bits per heavy atom. The molecule has 0 radical (unpaired) electrons. The average Bonchev–Trinajstić information content (AvgIpc) is 3.18. The van der Waals surface area contributed by atoms with E-state index in [1.54, 1.807) is 6.08 Å². The van der Waals surface area contributed by atoms with Crippen LogP contribution in [-0.4, -0.2) is 31.6 Å². The predicted octanol–water partition coefficient (Wildman–Crippen LogP) is 13.3. The van der Waals surface area contributed by atoms with Crippen molar-refractivity contribution >= 4 is 0 Å². The van der Waals surface area contributed by atoms with E-state index in [4.69, 9.17) is 11.5 Å². The molecule has 0 spiro atoms. The van der Waals surface area contributed by atoms with Crippen LogP contribution in [0.5, 0.6) is 0 Å². The van der Waals surface area contributed by atoms with Gasteiger partial charge in [0, 0.05) is 25.3 Å². The van der Waals surface area contributed by atoms with Gasteiger partial charge in [0.25, 0.3) is 0 Å². The van der Waals surface area contributed by atoms with Gasteiger partial charge in [0.15, 0.2) is 0 Å². The molecular weight excluding hydrogens is 633 g/mol. The van der Waals surface area contributed by atoms with E-state index in [1.165, 1.54) is 79.8 Å². The number of unbranched alkanes of at least 4 members (excludes halogenated alkanes) is 1. The Hall–Kier alpha value is -3.44. The highest BCUT2D eigenvalue weighted by atomic mass is 15.1. The van der Waals surface area contributed by atoms with E-state index in [2.05, 4.69) is 112 Å². The molecule has 2 aromatic carbocycles. The first-order valence-corrected chi connectivity index (χ1v) is 19.2. The number of nitrogens with two attached hydrogens (primary N) is 3. The van der Waals surface area contributed by atoms with Crippen LogP contribution in [0.1, 0.15) is 143 Å². The molecule has 52 heavy (non-hydrogen) atoms. The number of nitrogens with zero attached hydrogens (tertiary/aromatic N) is 1. The Balaban J connectivity index is -0.000000197. The molecule has 0 bridgehead atoms. The molecular formula is C48H86N4. The molecule has 1 aliphatic heterocycles. The second-order valence-electron chi connectivity index (χ2n) is 12.3. The van der Waals surface area contributed by atoms with Crippen LogP contribution in [0.25, 0.3) is 0 Å². The van der Waals surface area contributed by atoms with Crippen molar-refractivity contribution in [3.63, 3.8) is 0 Å². The van der Waals surface area contributed by atoms with Crippen LogP contribution in [-0.2, 0) is 6.54 Å². The summed E-state index contributed by atoms with van der Waals surface area (Å²) in [4.78, 5) is 2.32. The van der Waals surface area contributed by atoms with E-state index in [0.29, 0.717) is 12.5 Å². The second kappa shape index (κ2) is 42.0. The number of likely N-dealkylation sites (tertiary alicyclic amines) is 1. The van der Waals surface area contributed by atoms with Gasteiger partial charge in [-0.15, -0.1) is 6.58 Å². The molecule has 6 N–H and O–H groups in total. The zero-order valence-electron chi connectivity index (χ0n) is 35.1. The molecule has 1 unspecified atom stereocenters. The maximum atomic E-state index is 5.69. The van der Waals surface area contributed by atoms with E-state index >= 15 is 0 Å². The Morgan fingerprint density at radius 3 is 1.73 bits per heavy atom. The summed E-state index contributed by atoms with van der Waals surface area (Å²) in [5, 5.41) is 0. The summed E-state index contributed by atoms with van der Waals surface area (Å²) in [7, 11) is 1.50. The SMILES string of the molecule is C.C=C(C)C.C=C/C(C)=C/C.C=CC(=C)C(=C)N1CCC(c2ccccc2)CC1.CC.CCCCC(CCC)c1cccc(CN)c1.CCN.CN. The van der Waals surface area contributed by atoms with E-state index in [0.717, 1.165) is 36.8 Å². The Labute approximate surface area is 325 Å².